The summed E-state index contributed by atoms with van der Waals surface area (Å²) >= 11 is 4.96. The van der Waals surface area contributed by atoms with Crippen LogP contribution in [0.4, 0.5) is 0 Å². The van der Waals surface area contributed by atoms with E-state index in [2.05, 4.69) is 0 Å². The lowest BCUT2D eigenvalue weighted by Gasteiger charge is -2.07. The smallest absolute Gasteiger partial charge is 0.305 e. The molecule has 100 valence electrons. The van der Waals surface area contributed by atoms with Gasteiger partial charge in [-0.25, -0.2) is 0 Å². The zero-order chi connectivity index (χ0) is 13.4. The lowest BCUT2D eigenvalue weighted by molar-refractivity contribution is -0.143. The molecule has 1 aromatic rings. The van der Waals surface area contributed by atoms with Gasteiger partial charge in [0.2, 0.25) is 0 Å². The molecule has 2 N–H and O–H groups in total. The Morgan fingerprint density at radius 2 is 2.22 bits per heavy atom. The molecule has 1 rings (SSSR count). The lowest BCUT2D eigenvalue weighted by atomic mass is 10.2. The van der Waals surface area contributed by atoms with Gasteiger partial charge >= 0.3 is 5.97 Å². The molecule has 4 nitrogen and oxygen atoms in total. The van der Waals surface area contributed by atoms with Crippen molar-refractivity contribution in [1.29, 1.82) is 0 Å². The van der Waals surface area contributed by atoms with Gasteiger partial charge < -0.3 is 15.0 Å². The van der Waals surface area contributed by atoms with E-state index >= 15 is 0 Å². The summed E-state index contributed by atoms with van der Waals surface area (Å²) in [5, 5.41) is 0. The van der Waals surface area contributed by atoms with Crippen LogP contribution < -0.4 is 5.73 Å². The molecule has 1 aromatic heterocycles. The number of carbonyl (C=O) groups is 1. The van der Waals surface area contributed by atoms with Crippen molar-refractivity contribution in [1.82, 2.24) is 4.57 Å². The third-order valence-electron chi connectivity index (χ3n) is 2.67. The summed E-state index contributed by atoms with van der Waals surface area (Å²) in [4.78, 5) is 11.5. The van der Waals surface area contributed by atoms with Gasteiger partial charge in [-0.3, -0.25) is 4.79 Å². The Balaban J connectivity index is 2.20. The van der Waals surface area contributed by atoms with Crippen LogP contribution in [0.3, 0.4) is 0 Å². The Labute approximate surface area is 113 Å². The summed E-state index contributed by atoms with van der Waals surface area (Å²) in [5.74, 6) is -0.109. The zero-order valence-electron chi connectivity index (χ0n) is 10.7. The number of aromatic nitrogens is 1. The molecule has 0 aliphatic heterocycles. The highest BCUT2D eigenvalue weighted by Crippen LogP contribution is 2.07. The summed E-state index contributed by atoms with van der Waals surface area (Å²) in [7, 11) is 0. The van der Waals surface area contributed by atoms with Gasteiger partial charge in [-0.2, -0.15) is 0 Å². The zero-order valence-corrected chi connectivity index (χ0v) is 11.5. The van der Waals surface area contributed by atoms with Crippen LogP contribution in [0, 0.1) is 0 Å². The second-order valence-corrected chi connectivity index (χ2v) is 4.51. The Kier molecular flexibility index (Phi) is 6.43. The molecule has 0 fully saturated rings. The van der Waals surface area contributed by atoms with E-state index < -0.39 is 0 Å². The molecule has 0 radical (unpaired) electrons. The first-order valence-corrected chi connectivity index (χ1v) is 6.66. The number of carbonyl (C=O) groups excluding carboxylic acids is 1. The maximum atomic E-state index is 11.1. The molecular weight excluding hydrogens is 248 g/mol. The minimum absolute atomic E-state index is 0.109. The van der Waals surface area contributed by atoms with Crippen molar-refractivity contribution in [3.63, 3.8) is 0 Å². The average molecular weight is 268 g/mol. The first kappa shape index (κ1) is 14.7. The Bertz CT molecular complexity index is 401. The molecule has 0 aliphatic rings. The third-order valence-corrected chi connectivity index (χ3v) is 2.88. The van der Waals surface area contributed by atoms with Gasteiger partial charge in [0.25, 0.3) is 0 Å². The van der Waals surface area contributed by atoms with Crippen molar-refractivity contribution in [3.8, 4) is 0 Å². The van der Waals surface area contributed by atoms with E-state index in [4.69, 9.17) is 22.7 Å². The second-order valence-electron chi connectivity index (χ2n) is 4.07. The van der Waals surface area contributed by atoms with Crippen molar-refractivity contribution in [2.24, 2.45) is 5.73 Å². The van der Waals surface area contributed by atoms with Crippen molar-refractivity contribution >= 4 is 23.2 Å². The van der Waals surface area contributed by atoms with Gasteiger partial charge in [-0.1, -0.05) is 18.6 Å². The highest BCUT2D eigenvalue weighted by Gasteiger charge is 2.04. The number of rotatable bonds is 8. The van der Waals surface area contributed by atoms with Crippen molar-refractivity contribution in [2.45, 2.75) is 39.2 Å². The molecular formula is C13H20N2O2S. The summed E-state index contributed by atoms with van der Waals surface area (Å²) in [5.41, 5.74) is 6.51. The number of esters is 1. The highest BCUT2D eigenvalue weighted by atomic mass is 32.1. The fourth-order valence-electron chi connectivity index (χ4n) is 1.79. The molecule has 0 saturated carbocycles. The maximum absolute atomic E-state index is 11.1. The molecule has 5 heteroatoms. The number of hydrogen-bond donors (Lipinski definition) is 1. The first-order chi connectivity index (χ1) is 8.65. The number of nitrogens with zero attached hydrogens (tertiary/aromatic N) is 1. The van der Waals surface area contributed by atoms with E-state index in [9.17, 15) is 4.79 Å². The van der Waals surface area contributed by atoms with Gasteiger partial charge in [0.05, 0.1) is 12.3 Å². The van der Waals surface area contributed by atoms with Gasteiger partial charge in [0.15, 0.2) is 0 Å². The SMILES string of the molecule is CCOC(=O)CCCCCn1cccc1C(N)=S. The van der Waals surface area contributed by atoms with Crippen LogP contribution in [0.15, 0.2) is 18.3 Å². The largest absolute Gasteiger partial charge is 0.466 e. The molecule has 0 bridgehead atoms. The van der Waals surface area contributed by atoms with E-state index in [1.54, 1.807) is 0 Å². The molecule has 1 heterocycles. The molecule has 0 saturated heterocycles. The van der Waals surface area contributed by atoms with Crippen LogP contribution in [-0.4, -0.2) is 22.1 Å². The number of ether oxygens (including phenoxy) is 1. The predicted molar refractivity (Wildman–Crippen MR) is 75.4 cm³/mol. The predicted octanol–water partition coefficient (Wildman–Crippen LogP) is 2.25. The monoisotopic (exact) mass is 268 g/mol. The van der Waals surface area contributed by atoms with E-state index in [1.807, 2.05) is 29.8 Å². The van der Waals surface area contributed by atoms with Crippen molar-refractivity contribution < 1.29 is 9.53 Å². The Hall–Kier alpha value is -1.36. The van der Waals surface area contributed by atoms with E-state index in [0.717, 1.165) is 31.5 Å². The number of unbranched alkanes of at least 4 members (excludes halogenated alkanes) is 2. The van der Waals surface area contributed by atoms with Crippen LogP contribution in [0.25, 0.3) is 0 Å². The fraction of sp³-hybridized carbons (Fsp3) is 0.538. The van der Waals surface area contributed by atoms with E-state index in [1.165, 1.54) is 0 Å². The molecule has 0 spiro atoms. The lowest BCUT2D eigenvalue weighted by Crippen LogP contribution is -2.15. The number of thiocarbonyl (C=S) groups is 1. The Morgan fingerprint density at radius 1 is 1.44 bits per heavy atom. The average Bonchev–Trinajstić information content (AvgIpc) is 2.77. The minimum atomic E-state index is -0.109. The van der Waals surface area contributed by atoms with Crippen LogP contribution in [0.1, 0.15) is 38.3 Å². The summed E-state index contributed by atoms with van der Waals surface area (Å²) in [6.45, 7) is 3.16. The van der Waals surface area contributed by atoms with Crippen molar-refractivity contribution in [2.75, 3.05) is 6.61 Å². The number of aryl methyl sites for hydroxylation is 1. The maximum Gasteiger partial charge on any atom is 0.305 e. The van der Waals surface area contributed by atoms with Gasteiger partial charge in [-0.05, 0) is 31.9 Å². The minimum Gasteiger partial charge on any atom is -0.466 e. The van der Waals surface area contributed by atoms with Crippen LogP contribution in [-0.2, 0) is 16.1 Å². The summed E-state index contributed by atoms with van der Waals surface area (Å²) in [6.07, 6.45) is 5.33. The third kappa shape index (κ3) is 4.87. The first-order valence-electron chi connectivity index (χ1n) is 6.25. The fourth-order valence-corrected chi connectivity index (χ4v) is 1.98. The highest BCUT2D eigenvalue weighted by molar-refractivity contribution is 7.80. The molecule has 0 atom stereocenters. The molecule has 0 aliphatic carbocycles. The van der Waals surface area contributed by atoms with Gasteiger partial charge in [0, 0.05) is 19.2 Å². The number of nitrogens with two attached hydrogens (primary N) is 1. The van der Waals surface area contributed by atoms with Gasteiger partial charge in [0.1, 0.15) is 4.99 Å². The molecule has 0 unspecified atom stereocenters. The van der Waals surface area contributed by atoms with Crippen molar-refractivity contribution in [3.05, 3.63) is 24.0 Å². The summed E-state index contributed by atoms with van der Waals surface area (Å²) < 4.78 is 6.92. The van der Waals surface area contributed by atoms with E-state index in [-0.39, 0.29) is 5.97 Å². The standard InChI is InChI=1S/C13H20N2O2S/c1-2-17-12(16)8-4-3-5-9-15-10-6-7-11(15)13(14)18/h6-7,10H,2-5,8-9H2,1H3,(H2,14,18). The van der Waals surface area contributed by atoms with Crippen LogP contribution in [0.2, 0.25) is 0 Å². The molecule has 0 aromatic carbocycles. The Morgan fingerprint density at radius 3 is 2.89 bits per heavy atom. The topological polar surface area (TPSA) is 57.2 Å². The molecule has 0 amide bonds. The normalized spacial score (nSPS) is 10.3. The second kappa shape index (κ2) is 7.87. The van der Waals surface area contributed by atoms with E-state index in [0.29, 0.717) is 18.0 Å². The van der Waals surface area contributed by atoms with Crippen LogP contribution >= 0.6 is 12.2 Å². The van der Waals surface area contributed by atoms with Gasteiger partial charge in [-0.15, -0.1) is 0 Å². The van der Waals surface area contributed by atoms with Crippen LogP contribution in [0.5, 0.6) is 0 Å². The molecule has 18 heavy (non-hydrogen) atoms. The quantitative estimate of drug-likeness (QED) is 0.446. The number of hydrogen-bond acceptors (Lipinski definition) is 3. The summed E-state index contributed by atoms with van der Waals surface area (Å²) in [6, 6.07) is 3.86.